The van der Waals surface area contributed by atoms with E-state index >= 15 is 0 Å². The van der Waals surface area contributed by atoms with E-state index in [4.69, 9.17) is 0 Å². The maximum Gasteiger partial charge on any atom is 0.0595 e. The van der Waals surface area contributed by atoms with E-state index in [-0.39, 0.29) is 24.0 Å². The Morgan fingerprint density at radius 1 is 1.42 bits per heavy atom. The molecule has 0 aromatic carbocycles. The number of hydrogen-bond donors (Lipinski definition) is 1. The minimum atomic E-state index is -0.110. The first-order valence-corrected chi connectivity index (χ1v) is 4.35. The predicted octanol–water partition coefficient (Wildman–Crippen LogP) is 1.52. The molecule has 1 rings (SSSR count). The van der Waals surface area contributed by atoms with Crippen molar-refractivity contribution in [1.29, 1.82) is 0 Å². The van der Waals surface area contributed by atoms with Crippen LogP contribution in [-0.2, 0) is 0 Å². The SMILES string of the molecule is CC1C(O)CCN(C)C1(C)C.Cl. The van der Waals surface area contributed by atoms with Crippen LogP contribution in [0.5, 0.6) is 0 Å². The van der Waals surface area contributed by atoms with Gasteiger partial charge in [0, 0.05) is 12.1 Å². The van der Waals surface area contributed by atoms with Crippen molar-refractivity contribution in [2.75, 3.05) is 13.6 Å². The van der Waals surface area contributed by atoms with Gasteiger partial charge in [-0.15, -0.1) is 12.4 Å². The van der Waals surface area contributed by atoms with Gasteiger partial charge in [-0.05, 0) is 33.2 Å². The quantitative estimate of drug-likeness (QED) is 0.631. The number of nitrogens with zero attached hydrogens (tertiary/aromatic N) is 1. The molecule has 1 N–H and O–H groups in total. The molecule has 12 heavy (non-hydrogen) atoms. The van der Waals surface area contributed by atoms with Gasteiger partial charge in [0.25, 0.3) is 0 Å². The van der Waals surface area contributed by atoms with Gasteiger partial charge in [-0.25, -0.2) is 0 Å². The van der Waals surface area contributed by atoms with Gasteiger partial charge >= 0.3 is 0 Å². The Balaban J connectivity index is 0.00000121. The summed E-state index contributed by atoms with van der Waals surface area (Å²) in [5, 5.41) is 9.60. The average molecular weight is 194 g/mol. The summed E-state index contributed by atoms with van der Waals surface area (Å²) in [5.74, 6) is 0.376. The molecular formula is C9H20ClNO. The van der Waals surface area contributed by atoms with Crippen molar-refractivity contribution in [2.24, 2.45) is 5.92 Å². The fourth-order valence-electron chi connectivity index (χ4n) is 1.68. The second-order valence-corrected chi connectivity index (χ2v) is 4.22. The van der Waals surface area contributed by atoms with Crippen LogP contribution in [0.1, 0.15) is 27.2 Å². The molecule has 0 aromatic rings. The number of halogens is 1. The third-order valence-corrected chi connectivity index (χ3v) is 3.44. The molecule has 1 heterocycles. The Morgan fingerprint density at radius 2 is 1.92 bits per heavy atom. The van der Waals surface area contributed by atoms with E-state index in [1.807, 2.05) is 0 Å². The first kappa shape index (κ1) is 12.2. The van der Waals surface area contributed by atoms with Crippen LogP contribution in [0.3, 0.4) is 0 Å². The van der Waals surface area contributed by atoms with Gasteiger partial charge in [0.2, 0.25) is 0 Å². The summed E-state index contributed by atoms with van der Waals surface area (Å²) in [7, 11) is 2.13. The summed E-state index contributed by atoms with van der Waals surface area (Å²) in [6.45, 7) is 7.53. The molecule has 1 fully saturated rings. The normalized spacial score (nSPS) is 35.8. The number of hydrogen-bond acceptors (Lipinski definition) is 2. The summed E-state index contributed by atoms with van der Waals surface area (Å²) >= 11 is 0. The van der Waals surface area contributed by atoms with Crippen molar-refractivity contribution in [1.82, 2.24) is 4.90 Å². The molecule has 2 unspecified atom stereocenters. The molecule has 1 aliphatic heterocycles. The van der Waals surface area contributed by atoms with Gasteiger partial charge in [0.05, 0.1) is 6.10 Å². The number of rotatable bonds is 0. The lowest BCUT2D eigenvalue weighted by molar-refractivity contribution is -0.0402. The number of aliphatic hydroxyl groups is 1. The predicted molar refractivity (Wildman–Crippen MR) is 53.7 cm³/mol. The Morgan fingerprint density at radius 3 is 2.33 bits per heavy atom. The van der Waals surface area contributed by atoms with Gasteiger partial charge in [0.1, 0.15) is 0 Å². The summed E-state index contributed by atoms with van der Waals surface area (Å²) in [6.07, 6.45) is 0.808. The monoisotopic (exact) mass is 193 g/mol. The van der Waals surface area contributed by atoms with Crippen molar-refractivity contribution in [2.45, 2.75) is 38.8 Å². The van der Waals surface area contributed by atoms with E-state index in [0.717, 1.165) is 13.0 Å². The van der Waals surface area contributed by atoms with Crippen LogP contribution in [0.4, 0.5) is 0 Å². The second kappa shape index (κ2) is 3.95. The zero-order valence-electron chi connectivity index (χ0n) is 8.37. The molecule has 0 aromatic heterocycles. The van der Waals surface area contributed by atoms with Crippen molar-refractivity contribution in [3.63, 3.8) is 0 Å². The molecular weight excluding hydrogens is 174 g/mol. The van der Waals surface area contributed by atoms with E-state index in [1.165, 1.54) is 0 Å². The Bertz CT molecular complexity index is 149. The van der Waals surface area contributed by atoms with Crippen LogP contribution in [0.15, 0.2) is 0 Å². The van der Waals surface area contributed by atoms with Crippen molar-refractivity contribution < 1.29 is 5.11 Å². The van der Waals surface area contributed by atoms with Gasteiger partial charge in [-0.1, -0.05) is 6.92 Å². The zero-order valence-corrected chi connectivity index (χ0v) is 9.19. The lowest BCUT2D eigenvalue weighted by atomic mass is 9.79. The molecule has 0 bridgehead atoms. The third kappa shape index (κ3) is 1.93. The second-order valence-electron chi connectivity index (χ2n) is 4.22. The molecule has 0 spiro atoms. The molecule has 3 heteroatoms. The molecule has 1 aliphatic rings. The van der Waals surface area contributed by atoms with E-state index < -0.39 is 0 Å². The minimum Gasteiger partial charge on any atom is -0.393 e. The number of aliphatic hydroxyl groups excluding tert-OH is 1. The lowest BCUT2D eigenvalue weighted by Gasteiger charge is -2.47. The highest BCUT2D eigenvalue weighted by molar-refractivity contribution is 5.85. The van der Waals surface area contributed by atoms with Crippen LogP contribution in [0, 0.1) is 5.92 Å². The van der Waals surface area contributed by atoms with Crippen LogP contribution in [-0.4, -0.2) is 35.2 Å². The van der Waals surface area contributed by atoms with Crippen LogP contribution < -0.4 is 0 Å². The highest BCUT2D eigenvalue weighted by Crippen LogP contribution is 2.31. The zero-order chi connectivity index (χ0) is 8.65. The average Bonchev–Trinajstić information content (AvgIpc) is 1.95. The lowest BCUT2D eigenvalue weighted by Crippen LogP contribution is -2.55. The summed E-state index contributed by atoms with van der Waals surface area (Å²) in [6, 6.07) is 0. The van der Waals surface area contributed by atoms with E-state index in [9.17, 15) is 5.11 Å². The van der Waals surface area contributed by atoms with Gasteiger partial charge < -0.3 is 10.0 Å². The van der Waals surface area contributed by atoms with E-state index in [0.29, 0.717) is 5.92 Å². The molecule has 0 saturated carbocycles. The maximum atomic E-state index is 9.60. The highest BCUT2D eigenvalue weighted by atomic mass is 35.5. The molecule has 0 radical (unpaired) electrons. The fourth-order valence-corrected chi connectivity index (χ4v) is 1.68. The van der Waals surface area contributed by atoms with E-state index in [1.54, 1.807) is 0 Å². The molecule has 2 atom stereocenters. The fraction of sp³-hybridized carbons (Fsp3) is 1.00. The molecule has 2 nitrogen and oxygen atoms in total. The van der Waals surface area contributed by atoms with Crippen molar-refractivity contribution in [3.8, 4) is 0 Å². The van der Waals surface area contributed by atoms with Crippen LogP contribution in [0.25, 0.3) is 0 Å². The van der Waals surface area contributed by atoms with Gasteiger partial charge in [-0.2, -0.15) is 0 Å². The Labute approximate surface area is 81.4 Å². The Hall–Kier alpha value is 0.210. The summed E-state index contributed by atoms with van der Waals surface area (Å²) in [5.41, 5.74) is 0.150. The topological polar surface area (TPSA) is 23.5 Å². The summed E-state index contributed by atoms with van der Waals surface area (Å²) in [4.78, 5) is 2.32. The first-order chi connectivity index (χ1) is 4.96. The van der Waals surface area contributed by atoms with Crippen molar-refractivity contribution in [3.05, 3.63) is 0 Å². The number of likely N-dealkylation sites (tertiary alicyclic amines) is 1. The van der Waals surface area contributed by atoms with Crippen molar-refractivity contribution >= 4 is 12.4 Å². The standard InChI is InChI=1S/C9H19NO.ClH/c1-7-8(11)5-6-10(4)9(7,2)3;/h7-8,11H,5-6H2,1-4H3;1H. The van der Waals surface area contributed by atoms with E-state index in [2.05, 4.69) is 32.7 Å². The Kier molecular flexibility index (Phi) is 4.01. The largest absolute Gasteiger partial charge is 0.393 e. The maximum absolute atomic E-state index is 9.60. The molecule has 1 saturated heterocycles. The smallest absolute Gasteiger partial charge is 0.0595 e. The molecule has 0 amide bonds. The highest BCUT2D eigenvalue weighted by Gasteiger charge is 2.38. The van der Waals surface area contributed by atoms with Crippen LogP contribution >= 0.6 is 12.4 Å². The summed E-state index contributed by atoms with van der Waals surface area (Å²) < 4.78 is 0. The van der Waals surface area contributed by atoms with Gasteiger partial charge in [-0.3, -0.25) is 0 Å². The van der Waals surface area contributed by atoms with Gasteiger partial charge in [0.15, 0.2) is 0 Å². The van der Waals surface area contributed by atoms with Crippen LogP contribution in [0.2, 0.25) is 0 Å². The number of piperidine rings is 1. The third-order valence-electron chi connectivity index (χ3n) is 3.44. The molecule has 74 valence electrons. The molecule has 0 aliphatic carbocycles. The first-order valence-electron chi connectivity index (χ1n) is 4.35. The minimum absolute atomic E-state index is 0.